The van der Waals surface area contributed by atoms with E-state index in [4.69, 9.17) is 34.8 Å². The lowest BCUT2D eigenvalue weighted by molar-refractivity contribution is 1.93. The van der Waals surface area contributed by atoms with Crippen molar-refractivity contribution < 1.29 is 0 Å². The molecule has 0 saturated carbocycles. The van der Waals surface area contributed by atoms with Crippen LogP contribution in [-0.4, -0.2) is 0 Å². The maximum Gasteiger partial charge on any atom is 0.0914 e. The van der Waals surface area contributed by atoms with Crippen molar-refractivity contribution in [2.75, 3.05) is 0 Å². The smallest absolute Gasteiger partial charge is 0.0914 e. The second kappa shape index (κ2) is 3.79. The molecule has 0 rings (SSSR count). The molecule has 0 aliphatic heterocycles. The first-order chi connectivity index (χ1) is 2.81. The van der Waals surface area contributed by atoms with Gasteiger partial charge in [-0.3, -0.25) is 0 Å². The van der Waals surface area contributed by atoms with E-state index in [1.807, 2.05) is 0 Å². The van der Waals surface area contributed by atoms with Gasteiger partial charge in [0, 0.05) is 10.6 Å². The quantitative estimate of drug-likeness (QED) is 0.531. The monoisotopic (exact) mass is 143 g/mol. The SMILES string of the molecule is Cl[CH]/C(Cl)=C/Cl. The molecule has 1 radical (unpaired) electrons. The number of hydrogen-bond acceptors (Lipinski definition) is 0. The summed E-state index contributed by atoms with van der Waals surface area (Å²) < 4.78 is 0. The van der Waals surface area contributed by atoms with E-state index in [1.54, 1.807) is 0 Å². The summed E-state index contributed by atoms with van der Waals surface area (Å²) in [6.07, 6.45) is 0. The third-order valence-corrected chi connectivity index (χ3v) is 1.12. The lowest BCUT2D eigenvalue weighted by Crippen LogP contribution is -1.54. The summed E-state index contributed by atoms with van der Waals surface area (Å²) in [4.78, 5) is 0. The van der Waals surface area contributed by atoms with E-state index in [2.05, 4.69) is 0 Å². The predicted molar refractivity (Wildman–Crippen MR) is 29.9 cm³/mol. The fraction of sp³-hybridized carbons (Fsp3) is 0. The van der Waals surface area contributed by atoms with E-state index in [0.29, 0.717) is 5.03 Å². The highest BCUT2D eigenvalue weighted by Crippen LogP contribution is 2.08. The minimum absolute atomic E-state index is 0.346. The van der Waals surface area contributed by atoms with Gasteiger partial charge in [0.05, 0.1) is 5.88 Å². The molecule has 0 aliphatic carbocycles. The van der Waals surface area contributed by atoms with Crippen LogP contribution in [0.25, 0.3) is 0 Å². The van der Waals surface area contributed by atoms with Crippen molar-refractivity contribution in [3.05, 3.63) is 16.4 Å². The topological polar surface area (TPSA) is 0 Å². The van der Waals surface area contributed by atoms with Gasteiger partial charge < -0.3 is 0 Å². The van der Waals surface area contributed by atoms with Crippen molar-refractivity contribution in [1.82, 2.24) is 0 Å². The molecule has 0 aromatic rings. The standard InChI is InChI=1S/C3H2Cl3/c4-1-3(6)2-5/h1-2H/b3-1-. The maximum absolute atomic E-state index is 5.19. The van der Waals surface area contributed by atoms with E-state index in [1.165, 1.54) is 11.4 Å². The fourth-order valence-corrected chi connectivity index (χ4v) is 0.214. The van der Waals surface area contributed by atoms with Crippen LogP contribution in [0.4, 0.5) is 0 Å². The highest BCUT2D eigenvalue weighted by atomic mass is 35.5. The normalized spacial score (nSPS) is 12.2. The second-order valence-electron chi connectivity index (χ2n) is 0.603. The van der Waals surface area contributed by atoms with E-state index in [9.17, 15) is 0 Å². The van der Waals surface area contributed by atoms with Crippen molar-refractivity contribution in [2.24, 2.45) is 0 Å². The first-order valence-corrected chi connectivity index (χ1v) is 2.45. The lowest BCUT2D eigenvalue weighted by Gasteiger charge is -1.76. The summed E-state index contributed by atoms with van der Waals surface area (Å²) in [7, 11) is 0. The van der Waals surface area contributed by atoms with E-state index in [0.717, 1.165) is 0 Å². The van der Waals surface area contributed by atoms with Crippen molar-refractivity contribution in [2.45, 2.75) is 0 Å². The van der Waals surface area contributed by atoms with Crippen molar-refractivity contribution >= 4 is 34.8 Å². The first kappa shape index (κ1) is 6.61. The van der Waals surface area contributed by atoms with Crippen LogP contribution >= 0.6 is 34.8 Å². The Kier molecular flexibility index (Phi) is 4.17. The summed E-state index contributed by atoms with van der Waals surface area (Å²) in [5, 5.41) is 0.346. The molecule has 0 aromatic carbocycles. The molecule has 35 valence electrons. The molecular weight excluding hydrogens is 142 g/mol. The van der Waals surface area contributed by atoms with Crippen LogP contribution in [0.15, 0.2) is 10.6 Å². The molecule has 0 N–H and O–H groups in total. The first-order valence-electron chi connectivity index (χ1n) is 1.20. The largest absolute Gasteiger partial charge is 0.115 e. The van der Waals surface area contributed by atoms with Gasteiger partial charge in [-0.25, -0.2) is 0 Å². The zero-order valence-corrected chi connectivity index (χ0v) is 5.06. The molecule has 3 heteroatoms. The molecule has 0 atom stereocenters. The Labute approximate surface area is 51.7 Å². The molecule has 0 heterocycles. The molecule has 0 bridgehead atoms. The van der Waals surface area contributed by atoms with Crippen molar-refractivity contribution in [3.8, 4) is 0 Å². The molecule has 0 aromatic heterocycles. The van der Waals surface area contributed by atoms with Crippen LogP contribution in [0.2, 0.25) is 0 Å². The van der Waals surface area contributed by atoms with E-state index < -0.39 is 0 Å². The minimum atomic E-state index is 0.346. The highest BCUT2D eigenvalue weighted by molar-refractivity contribution is 6.42. The summed E-state index contributed by atoms with van der Waals surface area (Å²) >= 11 is 15.3. The number of halogens is 3. The number of rotatable bonds is 1. The van der Waals surface area contributed by atoms with Gasteiger partial charge in [-0.2, -0.15) is 0 Å². The Bertz CT molecular complexity index is 57.1. The minimum Gasteiger partial charge on any atom is -0.115 e. The molecular formula is C3H2Cl3. The van der Waals surface area contributed by atoms with E-state index >= 15 is 0 Å². The van der Waals surface area contributed by atoms with Gasteiger partial charge in [-0.05, 0) is 0 Å². The van der Waals surface area contributed by atoms with Gasteiger partial charge >= 0.3 is 0 Å². The van der Waals surface area contributed by atoms with Gasteiger partial charge in [0.1, 0.15) is 0 Å². The van der Waals surface area contributed by atoms with Crippen molar-refractivity contribution in [1.29, 1.82) is 0 Å². The molecule has 6 heavy (non-hydrogen) atoms. The number of hydrogen-bond donors (Lipinski definition) is 0. The van der Waals surface area contributed by atoms with Gasteiger partial charge in [0.15, 0.2) is 0 Å². The molecule has 0 nitrogen and oxygen atoms in total. The van der Waals surface area contributed by atoms with Crippen LogP contribution in [-0.2, 0) is 0 Å². The Morgan fingerprint density at radius 2 is 1.83 bits per heavy atom. The third-order valence-electron chi connectivity index (χ3n) is 0.208. The molecule has 0 saturated heterocycles. The third kappa shape index (κ3) is 2.83. The molecule has 0 aliphatic rings. The molecule has 0 fully saturated rings. The van der Waals surface area contributed by atoms with Gasteiger partial charge in [-0.1, -0.05) is 23.2 Å². The Balaban J connectivity index is 3.22. The predicted octanol–water partition coefficient (Wildman–Crippen LogP) is 2.71. The highest BCUT2D eigenvalue weighted by Gasteiger charge is 1.81. The van der Waals surface area contributed by atoms with E-state index in [-0.39, 0.29) is 0 Å². The van der Waals surface area contributed by atoms with Gasteiger partial charge in [0.25, 0.3) is 0 Å². The van der Waals surface area contributed by atoms with Crippen LogP contribution in [0.5, 0.6) is 0 Å². The zero-order valence-electron chi connectivity index (χ0n) is 2.79. The summed E-state index contributed by atoms with van der Waals surface area (Å²) in [6, 6.07) is 0. The van der Waals surface area contributed by atoms with Crippen molar-refractivity contribution in [3.63, 3.8) is 0 Å². The van der Waals surface area contributed by atoms with Crippen LogP contribution < -0.4 is 0 Å². The van der Waals surface area contributed by atoms with Gasteiger partial charge in [0.2, 0.25) is 0 Å². The summed E-state index contributed by atoms with van der Waals surface area (Å²) in [5.74, 6) is 1.19. The molecule has 0 unspecified atom stereocenters. The fourth-order valence-electron chi connectivity index (χ4n) is 0.0238. The lowest BCUT2D eigenvalue weighted by atomic mass is 10.7. The zero-order chi connectivity index (χ0) is 4.99. The average Bonchev–Trinajstić information content (AvgIpc) is 1.65. The molecule has 0 spiro atoms. The summed E-state index contributed by atoms with van der Waals surface area (Å²) in [6.45, 7) is 0. The summed E-state index contributed by atoms with van der Waals surface area (Å²) in [5.41, 5.74) is 1.19. The van der Waals surface area contributed by atoms with Crippen LogP contribution in [0.3, 0.4) is 0 Å². The van der Waals surface area contributed by atoms with Gasteiger partial charge in [-0.15, -0.1) is 11.6 Å². The average molecular weight is 144 g/mol. The van der Waals surface area contributed by atoms with Crippen LogP contribution in [0.1, 0.15) is 0 Å². The Morgan fingerprint density at radius 3 is 1.83 bits per heavy atom. The van der Waals surface area contributed by atoms with Crippen LogP contribution in [0, 0.1) is 5.88 Å². The second-order valence-corrected chi connectivity index (χ2v) is 1.48. The Morgan fingerprint density at radius 1 is 1.33 bits per heavy atom. The number of allylic oxidation sites excluding steroid dienone is 1. The molecule has 0 amide bonds. The Hall–Kier alpha value is 0.610. The maximum atomic E-state index is 5.19.